The lowest BCUT2D eigenvalue weighted by Crippen LogP contribution is -2.48. The first-order valence-corrected chi connectivity index (χ1v) is 11.2. The summed E-state index contributed by atoms with van der Waals surface area (Å²) >= 11 is 7.22. The molecule has 30 heavy (non-hydrogen) atoms. The predicted molar refractivity (Wildman–Crippen MR) is 117 cm³/mol. The highest BCUT2D eigenvalue weighted by molar-refractivity contribution is 7.99. The second-order valence-electron chi connectivity index (χ2n) is 6.77. The molecule has 0 aliphatic rings. The van der Waals surface area contributed by atoms with Gasteiger partial charge in [0.15, 0.2) is 0 Å². The summed E-state index contributed by atoms with van der Waals surface area (Å²) < 4.78 is 28.1. The Hall–Kier alpha value is -2.12. The van der Waals surface area contributed by atoms with E-state index in [0.717, 1.165) is 6.42 Å². The molecule has 1 atom stereocenters. The highest BCUT2D eigenvalue weighted by atomic mass is 35.5. The van der Waals surface area contributed by atoms with E-state index in [4.69, 9.17) is 11.6 Å². The number of carbonyl (C=O) groups is 2. The molecule has 0 spiro atoms. The van der Waals surface area contributed by atoms with Crippen LogP contribution in [0.3, 0.4) is 0 Å². The van der Waals surface area contributed by atoms with Crippen molar-refractivity contribution in [2.75, 3.05) is 12.3 Å². The Morgan fingerprint density at radius 3 is 2.50 bits per heavy atom. The van der Waals surface area contributed by atoms with E-state index in [1.165, 1.54) is 34.9 Å². The number of nitrogens with one attached hydrogen (secondary N) is 1. The third-order valence-electron chi connectivity index (χ3n) is 4.55. The summed E-state index contributed by atoms with van der Waals surface area (Å²) in [5.74, 6) is -1.30. The van der Waals surface area contributed by atoms with E-state index in [-0.39, 0.29) is 29.9 Å². The monoisotopic (exact) mass is 454 g/mol. The van der Waals surface area contributed by atoms with Gasteiger partial charge in [-0.05, 0) is 31.5 Å². The Kier molecular flexibility index (Phi) is 9.59. The summed E-state index contributed by atoms with van der Waals surface area (Å²) in [5, 5.41) is 3.06. The van der Waals surface area contributed by atoms with Crippen LogP contribution in [-0.4, -0.2) is 35.1 Å². The number of carbonyl (C=O) groups excluding carboxylic acids is 2. The van der Waals surface area contributed by atoms with Crippen molar-refractivity contribution in [1.82, 2.24) is 10.2 Å². The molecule has 162 valence electrons. The summed E-state index contributed by atoms with van der Waals surface area (Å²) in [6, 6.07) is 9.79. The molecule has 0 radical (unpaired) electrons. The standard InChI is InChI=1S/C22H25ClF2N2O2S/c1-3-11-26-22(29)15(2)27(12-16-7-4-5-9-19(16)24)21(28)14-30-13-17-18(23)8-6-10-20(17)25/h4-10,15H,3,11-14H2,1-2H3,(H,26,29). The average molecular weight is 455 g/mol. The van der Waals surface area contributed by atoms with Gasteiger partial charge in [-0.15, -0.1) is 11.8 Å². The van der Waals surface area contributed by atoms with Crippen LogP contribution in [0.5, 0.6) is 0 Å². The number of amides is 2. The van der Waals surface area contributed by atoms with Gasteiger partial charge in [-0.25, -0.2) is 8.78 Å². The third-order valence-corrected chi connectivity index (χ3v) is 5.85. The molecule has 1 unspecified atom stereocenters. The van der Waals surface area contributed by atoms with Crippen molar-refractivity contribution >= 4 is 35.2 Å². The molecule has 2 aromatic rings. The maximum atomic E-state index is 14.1. The third kappa shape index (κ3) is 6.71. The molecule has 0 saturated heterocycles. The molecule has 0 heterocycles. The highest BCUT2D eigenvalue weighted by Crippen LogP contribution is 2.24. The zero-order chi connectivity index (χ0) is 22.1. The van der Waals surface area contributed by atoms with Crippen molar-refractivity contribution in [2.45, 2.75) is 38.6 Å². The molecule has 0 aromatic heterocycles. The predicted octanol–water partition coefficient (Wildman–Crippen LogP) is 4.79. The van der Waals surface area contributed by atoms with Gasteiger partial charge in [0.25, 0.3) is 0 Å². The van der Waals surface area contributed by atoms with Gasteiger partial charge in [-0.3, -0.25) is 9.59 Å². The molecule has 2 aromatic carbocycles. The normalized spacial score (nSPS) is 11.8. The number of halogens is 3. The van der Waals surface area contributed by atoms with Crippen molar-refractivity contribution in [3.8, 4) is 0 Å². The SMILES string of the molecule is CCCNC(=O)C(C)N(Cc1ccccc1F)C(=O)CSCc1c(F)cccc1Cl. The zero-order valence-corrected chi connectivity index (χ0v) is 18.5. The fraction of sp³-hybridized carbons (Fsp3) is 0.364. The minimum atomic E-state index is -0.777. The Morgan fingerprint density at radius 1 is 1.13 bits per heavy atom. The minimum absolute atomic E-state index is 0.00448. The summed E-state index contributed by atoms with van der Waals surface area (Å²) in [5.41, 5.74) is 0.648. The first kappa shape index (κ1) is 24.2. The van der Waals surface area contributed by atoms with Crippen LogP contribution in [0.4, 0.5) is 8.78 Å². The number of benzene rings is 2. The van der Waals surface area contributed by atoms with Crippen molar-refractivity contribution in [3.63, 3.8) is 0 Å². The average Bonchev–Trinajstić information content (AvgIpc) is 2.72. The van der Waals surface area contributed by atoms with Crippen LogP contribution in [0.25, 0.3) is 0 Å². The molecule has 2 amide bonds. The molecule has 0 saturated carbocycles. The number of hydrogen-bond acceptors (Lipinski definition) is 3. The lowest BCUT2D eigenvalue weighted by atomic mass is 10.1. The Balaban J connectivity index is 2.11. The number of hydrogen-bond donors (Lipinski definition) is 1. The lowest BCUT2D eigenvalue weighted by Gasteiger charge is -2.29. The van der Waals surface area contributed by atoms with E-state index in [1.807, 2.05) is 6.92 Å². The van der Waals surface area contributed by atoms with E-state index in [9.17, 15) is 18.4 Å². The van der Waals surface area contributed by atoms with Gasteiger partial charge in [0.2, 0.25) is 11.8 Å². The van der Waals surface area contributed by atoms with Gasteiger partial charge < -0.3 is 10.2 Å². The fourth-order valence-corrected chi connectivity index (χ4v) is 4.03. The molecule has 4 nitrogen and oxygen atoms in total. The lowest BCUT2D eigenvalue weighted by molar-refractivity contribution is -0.138. The van der Waals surface area contributed by atoms with Crippen LogP contribution in [-0.2, 0) is 21.9 Å². The smallest absolute Gasteiger partial charge is 0.242 e. The maximum Gasteiger partial charge on any atom is 0.242 e. The molecule has 0 bridgehead atoms. The molecular weight excluding hydrogens is 430 g/mol. The minimum Gasteiger partial charge on any atom is -0.354 e. The van der Waals surface area contributed by atoms with E-state index in [0.29, 0.717) is 22.7 Å². The Labute approximate surface area is 185 Å². The first-order valence-electron chi connectivity index (χ1n) is 9.66. The fourth-order valence-electron chi connectivity index (χ4n) is 2.78. The van der Waals surface area contributed by atoms with Crippen molar-refractivity contribution in [3.05, 3.63) is 70.2 Å². The van der Waals surface area contributed by atoms with Gasteiger partial charge in [0, 0.05) is 35.0 Å². The van der Waals surface area contributed by atoms with Gasteiger partial charge in [0.05, 0.1) is 5.75 Å². The van der Waals surface area contributed by atoms with E-state index in [1.54, 1.807) is 31.2 Å². The van der Waals surface area contributed by atoms with Gasteiger partial charge >= 0.3 is 0 Å². The van der Waals surface area contributed by atoms with Crippen molar-refractivity contribution < 1.29 is 18.4 Å². The summed E-state index contributed by atoms with van der Waals surface area (Å²) in [6.07, 6.45) is 0.763. The molecule has 0 aliphatic heterocycles. The second kappa shape index (κ2) is 11.9. The van der Waals surface area contributed by atoms with Crippen LogP contribution >= 0.6 is 23.4 Å². The molecule has 0 fully saturated rings. The summed E-state index contributed by atoms with van der Waals surface area (Å²) in [6.45, 7) is 4.00. The number of thioether (sulfide) groups is 1. The second-order valence-corrected chi connectivity index (χ2v) is 8.17. The zero-order valence-electron chi connectivity index (χ0n) is 17.0. The van der Waals surface area contributed by atoms with E-state index in [2.05, 4.69) is 5.32 Å². The van der Waals surface area contributed by atoms with E-state index >= 15 is 0 Å². The maximum absolute atomic E-state index is 14.1. The van der Waals surface area contributed by atoms with Crippen LogP contribution in [0, 0.1) is 11.6 Å². The Morgan fingerprint density at radius 2 is 1.83 bits per heavy atom. The molecule has 2 rings (SSSR count). The Bertz CT molecular complexity index is 862. The molecule has 1 N–H and O–H groups in total. The topological polar surface area (TPSA) is 49.4 Å². The molecule has 8 heteroatoms. The largest absolute Gasteiger partial charge is 0.354 e. The number of nitrogens with zero attached hydrogens (tertiary/aromatic N) is 1. The van der Waals surface area contributed by atoms with Crippen molar-refractivity contribution in [2.24, 2.45) is 0 Å². The molecular formula is C22H25ClF2N2O2S. The van der Waals surface area contributed by atoms with Crippen LogP contribution in [0.2, 0.25) is 5.02 Å². The van der Waals surface area contributed by atoms with Crippen molar-refractivity contribution in [1.29, 1.82) is 0 Å². The van der Waals surface area contributed by atoms with Gasteiger partial charge in [0.1, 0.15) is 17.7 Å². The number of rotatable bonds is 10. The molecule has 0 aliphatic carbocycles. The van der Waals surface area contributed by atoms with E-state index < -0.39 is 17.7 Å². The van der Waals surface area contributed by atoms with Crippen LogP contribution in [0.1, 0.15) is 31.4 Å². The highest BCUT2D eigenvalue weighted by Gasteiger charge is 2.26. The quantitative estimate of drug-likeness (QED) is 0.561. The van der Waals surface area contributed by atoms with Crippen LogP contribution < -0.4 is 5.32 Å². The van der Waals surface area contributed by atoms with Gasteiger partial charge in [-0.1, -0.05) is 42.8 Å². The van der Waals surface area contributed by atoms with Gasteiger partial charge in [-0.2, -0.15) is 0 Å². The summed E-state index contributed by atoms with van der Waals surface area (Å²) in [4.78, 5) is 26.7. The van der Waals surface area contributed by atoms with Crippen LogP contribution in [0.15, 0.2) is 42.5 Å². The summed E-state index contributed by atoms with van der Waals surface area (Å²) in [7, 11) is 0. The first-order chi connectivity index (χ1) is 14.3.